The zero-order chi connectivity index (χ0) is 19.9. The molecule has 0 saturated heterocycles. The van der Waals surface area contributed by atoms with Crippen LogP contribution in [-0.2, 0) is 13.4 Å². The second kappa shape index (κ2) is 33.9. The van der Waals surface area contributed by atoms with E-state index in [1.54, 1.807) is 0 Å². The van der Waals surface area contributed by atoms with Gasteiger partial charge in [0, 0.05) is 6.61 Å². The summed E-state index contributed by atoms with van der Waals surface area (Å²) in [6.45, 7) is 2.66. The molecule has 0 bridgehead atoms. The topological polar surface area (TPSA) is 110 Å². The van der Waals surface area contributed by atoms with Crippen molar-refractivity contribution < 1.29 is 87.4 Å². The average Bonchev–Trinajstić information content (AvgIpc) is 2.58. The molecule has 0 heterocycles. The minimum Gasteiger partial charge on any atom is -0.781 e. The molecule has 0 aliphatic heterocycles. The molecule has 0 fully saturated rings. The summed E-state index contributed by atoms with van der Waals surface area (Å²) in [5, 5.41) is 8.67. The van der Waals surface area contributed by atoms with Crippen molar-refractivity contribution in [3.05, 3.63) is 0 Å². The minimum atomic E-state index is -3.51. The fraction of sp³-hybridized carbons (Fsp3) is 1.00. The molecule has 2 unspecified atom stereocenters. The van der Waals surface area contributed by atoms with E-state index >= 15 is 0 Å². The Kier molecular flexibility index (Phi) is 45.6. The predicted octanol–water partition coefficient (Wildman–Crippen LogP) is -1.25. The van der Waals surface area contributed by atoms with Gasteiger partial charge in [-0.1, -0.05) is 103 Å². The first kappa shape index (κ1) is 37.6. The van der Waals surface area contributed by atoms with E-state index in [1.165, 1.54) is 96.3 Å². The summed E-state index contributed by atoms with van der Waals surface area (Å²) in [7, 11) is -7.03. The molecule has 0 amide bonds. The van der Waals surface area contributed by atoms with Gasteiger partial charge in [-0.15, -0.1) is 0 Å². The maximum atomic E-state index is 9.29. The normalized spacial score (nSPS) is 12.1. The van der Waals surface area contributed by atoms with Crippen LogP contribution in [0.15, 0.2) is 0 Å². The fourth-order valence-electron chi connectivity index (χ4n) is 2.73. The Hall–Kier alpha value is 2.30. The van der Waals surface area contributed by atoms with E-state index in [2.05, 4.69) is 11.2 Å². The first-order valence-corrected chi connectivity index (χ1v) is 12.7. The van der Waals surface area contributed by atoms with Crippen LogP contribution in [0.2, 0.25) is 0 Å². The molecule has 2 atom stereocenters. The van der Waals surface area contributed by atoms with E-state index in [4.69, 9.17) is 5.11 Å². The SMILES string of the molecule is CCCCCCCCCCCCCCCCCCO.O=[PH]([O-])O[PH](=O)[O-].[Na+].[Na+]. The monoisotopic (exact) mass is 460 g/mol. The summed E-state index contributed by atoms with van der Waals surface area (Å²) in [4.78, 5) is 18.6. The summed E-state index contributed by atoms with van der Waals surface area (Å²) in [5.41, 5.74) is 0. The summed E-state index contributed by atoms with van der Waals surface area (Å²) < 4.78 is 21.8. The number of aliphatic hydroxyl groups is 1. The van der Waals surface area contributed by atoms with Crippen molar-refractivity contribution in [1.29, 1.82) is 0 Å². The third-order valence-electron chi connectivity index (χ3n) is 4.18. The molecule has 1 N–H and O–H groups in total. The molecule has 6 nitrogen and oxygen atoms in total. The Morgan fingerprint density at radius 3 is 1.04 bits per heavy atom. The molecule has 0 radical (unpaired) electrons. The fourth-order valence-corrected chi connectivity index (χ4v) is 3.27. The number of hydrogen-bond acceptors (Lipinski definition) is 6. The van der Waals surface area contributed by atoms with Gasteiger partial charge in [-0.2, -0.15) is 0 Å². The van der Waals surface area contributed by atoms with E-state index in [0.717, 1.165) is 6.42 Å². The number of unbranched alkanes of at least 4 members (excludes halogenated alkanes) is 15. The van der Waals surface area contributed by atoms with Crippen molar-refractivity contribution in [1.82, 2.24) is 0 Å². The molecular weight excluding hydrogens is 420 g/mol. The van der Waals surface area contributed by atoms with E-state index in [9.17, 15) is 18.9 Å². The molecule has 0 aliphatic rings. The quantitative estimate of drug-likeness (QED) is 0.156. The van der Waals surface area contributed by atoms with Crippen molar-refractivity contribution in [2.24, 2.45) is 0 Å². The zero-order valence-electron chi connectivity index (χ0n) is 18.5. The Labute approximate surface area is 218 Å². The smallest absolute Gasteiger partial charge is 0.781 e. The van der Waals surface area contributed by atoms with Gasteiger partial charge < -0.3 is 24.0 Å². The van der Waals surface area contributed by atoms with Crippen LogP contribution in [0.5, 0.6) is 0 Å². The van der Waals surface area contributed by atoms with Crippen LogP contribution in [0.25, 0.3) is 0 Å². The standard InChI is InChI=1S/C18H38O.2Na.H4O5P2/c1-2-3-4-5-6-7-8-9-10-11-12-13-14-15-16-17-18-19;;;1-6(2)5-7(3)4/h19H,2-18H2,1H3;;;6-7H,(H,1,2)(H,3,4)/q;2*+1;/p-2. The molecule has 10 heteroatoms. The molecule has 0 saturated carbocycles. The van der Waals surface area contributed by atoms with E-state index in [1.807, 2.05) is 0 Å². The van der Waals surface area contributed by atoms with Crippen LogP contribution in [0.1, 0.15) is 110 Å². The number of rotatable bonds is 18. The van der Waals surface area contributed by atoms with Crippen LogP contribution in [-0.4, -0.2) is 11.7 Å². The first-order valence-electron chi connectivity index (χ1n) is 10.2. The van der Waals surface area contributed by atoms with Crippen molar-refractivity contribution >= 4 is 16.5 Å². The van der Waals surface area contributed by atoms with Gasteiger partial charge in [0.2, 0.25) is 0 Å². The second-order valence-corrected chi connectivity index (χ2v) is 8.45. The summed E-state index contributed by atoms with van der Waals surface area (Å²) in [6, 6.07) is 0. The van der Waals surface area contributed by atoms with Crippen LogP contribution in [0.3, 0.4) is 0 Å². The van der Waals surface area contributed by atoms with Crippen molar-refractivity contribution in [3.63, 3.8) is 0 Å². The van der Waals surface area contributed by atoms with Gasteiger partial charge in [-0.25, -0.2) is 0 Å². The third-order valence-corrected chi connectivity index (χ3v) is 5.51. The number of hydrogen-bond donors (Lipinski definition) is 1. The number of aliphatic hydroxyl groups excluding tert-OH is 1. The van der Waals surface area contributed by atoms with Gasteiger partial charge in [0.05, 0.1) is 0 Å². The van der Waals surface area contributed by atoms with Gasteiger partial charge in [-0.05, 0) is 6.42 Å². The van der Waals surface area contributed by atoms with Crippen molar-refractivity contribution in [2.75, 3.05) is 6.61 Å². The maximum Gasteiger partial charge on any atom is 1.00 e. The van der Waals surface area contributed by atoms with Gasteiger partial charge in [0.25, 0.3) is 0 Å². The van der Waals surface area contributed by atoms with Gasteiger partial charge in [-0.3, -0.25) is 4.31 Å². The molecule has 0 aromatic carbocycles. The zero-order valence-corrected chi connectivity index (χ0v) is 24.5. The van der Waals surface area contributed by atoms with E-state index in [0.29, 0.717) is 6.61 Å². The minimum absolute atomic E-state index is 0. The van der Waals surface area contributed by atoms with Crippen LogP contribution in [0.4, 0.5) is 0 Å². The second-order valence-electron chi connectivity index (χ2n) is 6.63. The summed E-state index contributed by atoms with van der Waals surface area (Å²) >= 11 is 0. The van der Waals surface area contributed by atoms with Crippen molar-refractivity contribution in [3.8, 4) is 0 Å². The van der Waals surface area contributed by atoms with Crippen molar-refractivity contribution in [2.45, 2.75) is 110 Å². The molecular formula is C18H40Na2O6P2. The van der Waals surface area contributed by atoms with Crippen LogP contribution < -0.4 is 68.9 Å². The van der Waals surface area contributed by atoms with E-state index < -0.39 is 16.5 Å². The molecule has 0 aliphatic carbocycles. The summed E-state index contributed by atoms with van der Waals surface area (Å²) in [5.74, 6) is 0. The predicted molar refractivity (Wildman–Crippen MR) is 106 cm³/mol. The average molecular weight is 460 g/mol. The Balaban J connectivity index is -0.000000274. The van der Waals surface area contributed by atoms with Crippen LogP contribution >= 0.6 is 16.5 Å². The third kappa shape index (κ3) is 42.4. The Morgan fingerprint density at radius 2 is 0.857 bits per heavy atom. The summed E-state index contributed by atoms with van der Waals surface area (Å²) in [6.07, 6.45) is 22.2. The maximum absolute atomic E-state index is 9.29. The molecule has 28 heavy (non-hydrogen) atoms. The molecule has 160 valence electrons. The largest absolute Gasteiger partial charge is 1.00 e. The molecule has 0 rings (SSSR count). The molecule has 0 aromatic heterocycles. The molecule has 0 aromatic rings. The Bertz CT molecular complexity index is 298. The van der Waals surface area contributed by atoms with Crippen LogP contribution in [0, 0.1) is 0 Å². The first-order chi connectivity index (χ1) is 12.5. The Morgan fingerprint density at radius 1 is 0.607 bits per heavy atom. The van der Waals surface area contributed by atoms with Gasteiger partial charge in [0.1, 0.15) is 16.5 Å². The van der Waals surface area contributed by atoms with E-state index in [-0.39, 0.29) is 59.1 Å². The van der Waals surface area contributed by atoms with Gasteiger partial charge >= 0.3 is 59.1 Å². The van der Waals surface area contributed by atoms with Gasteiger partial charge in [0.15, 0.2) is 0 Å². The molecule has 0 spiro atoms.